The molecule has 0 saturated carbocycles. The Bertz CT molecular complexity index is 417. The number of phenolic OH excluding ortho intramolecular Hbond substituents is 1. The van der Waals surface area contributed by atoms with Gasteiger partial charge in [0.25, 0.3) is 0 Å². The number of azide groups is 1. The molecule has 0 unspecified atom stereocenters. The van der Waals surface area contributed by atoms with Crippen LogP contribution in [0.5, 0.6) is 5.75 Å². The Balaban J connectivity index is 3.38. The molecule has 0 atom stereocenters. The normalized spacial score (nSPS) is 10.9. The number of phenols is 1. The van der Waals surface area contributed by atoms with Crippen LogP contribution in [0, 0.1) is 0 Å². The Labute approximate surface area is 86.5 Å². The largest absolute Gasteiger partial charge is 0.507 e. The number of alkyl halides is 3. The van der Waals surface area contributed by atoms with Crippen molar-refractivity contribution in [1.82, 2.24) is 0 Å². The van der Waals surface area contributed by atoms with Gasteiger partial charge in [0, 0.05) is 4.91 Å². The lowest BCUT2D eigenvalue weighted by atomic mass is 10.2. The van der Waals surface area contributed by atoms with Gasteiger partial charge in [-0.25, -0.2) is 0 Å². The maximum atomic E-state index is 12.2. The molecule has 0 aliphatic rings. The van der Waals surface area contributed by atoms with Crippen molar-refractivity contribution in [2.24, 2.45) is 5.11 Å². The Kier molecular flexibility index (Phi) is 2.97. The SMILES string of the molecule is [N-]=[N+]=Nc1c(O)cc(C(F)(F)F)cc1Cl. The van der Waals surface area contributed by atoms with Crippen LogP contribution in [-0.2, 0) is 6.18 Å². The number of nitrogens with zero attached hydrogens (tertiary/aromatic N) is 3. The molecule has 4 nitrogen and oxygen atoms in total. The van der Waals surface area contributed by atoms with Gasteiger partial charge in [0.15, 0.2) is 0 Å². The van der Waals surface area contributed by atoms with Crippen molar-refractivity contribution >= 4 is 17.3 Å². The van der Waals surface area contributed by atoms with Crippen LogP contribution >= 0.6 is 11.6 Å². The fourth-order valence-corrected chi connectivity index (χ4v) is 1.14. The van der Waals surface area contributed by atoms with E-state index < -0.39 is 28.2 Å². The first-order valence-corrected chi connectivity index (χ1v) is 3.89. The number of hydrogen-bond acceptors (Lipinski definition) is 2. The van der Waals surface area contributed by atoms with Gasteiger partial charge in [-0.1, -0.05) is 16.7 Å². The summed E-state index contributed by atoms with van der Waals surface area (Å²) in [5.41, 5.74) is 6.53. The second-order valence-corrected chi connectivity index (χ2v) is 2.92. The topological polar surface area (TPSA) is 69.0 Å². The molecule has 0 heterocycles. The molecule has 0 aliphatic carbocycles. The predicted octanol–water partition coefficient (Wildman–Crippen LogP) is 4.01. The van der Waals surface area contributed by atoms with Crippen molar-refractivity contribution < 1.29 is 18.3 Å². The van der Waals surface area contributed by atoms with Crippen molar-refractivity contribution in [3.05, 3.63) is 33.2 Å². The van der Waals surface area contributed by atoms with Crippen molar-refractivity contribution in [3.63, 3.8) is 0 Å². The van der Waals surface area contributed by atoms with Crippen molar-refractivity contribution in [3.8, 4) is 5.75 Å². The van der Waals surface area contributed by atoms with Crippen LogP contribution in [0.1, 0.15) is 5.56 Å². The Morgan fingerprint density at radius 3 is 2.40 bits per heavy atom. The summed E-state index contributed by atoms with van der Waals surface area (Å²) in [5.74, 6) is -0.812. The standard InChI is InChI=1S/C7H3ClF3N3O/c8-4-1-3(7(9,10)11)2-5(15)6(4)13-14-12/h1-2,15H. The number of benzene rings is 1. The second kappa shape index (κ2) is 3.88. The van der Waals surface area contributed by atoms with E-state index >= 15 is 0 Å². The Morgan fingerprint density at radius 2 is 2.00 bits per heavy atom. The highest BCUT2D eigenvalue weighted by Crippen LogP contribution is 2.40. The van der Waals surface area contributed by atoms with Gasteiger partial charge < -0.3 is 5.11 Å². The molecule has 0 saturated heterocycles. The van der Waals surface area contributed by atoms with Crippen LogP contribution in [0.15, 0.2) is 17.2 Å². The van der Waals surface area contributed by atoms with E-state index in [-0.39, 0.29) is 0 Å². The van der Waals surface area contributed by atoms with E-state index in [1.165, 1.54) is 0 Å². The first kappa shape index (κ1) is 11.5. The number of hydrogen-bond donors (Lipinski definition) is 1. The molecule has 15 heavy (non-hydrogen) atoms. The summed E-state index contributed by atoms with van der Waals surface area (Å²) in [6.45, 7) is 0. The molecule has 80 valence electrons. The molecule has 8 heteroatoms. The molecule has 1 aromatic rings. The Hall–Kier alpha value is -1.59. The molecule has 1 N–H and O–H groups in total. The Morgan fingerprint density at radius 1 is 1.40 bits per heavy atom. The van der Waals surface area contributed by atoms with E-state index in [4.69, 9.17) is 22.2 Å². The lowest BCUT2D eigenvalue weighted by molar-refractivity contribution is -0.137. The summed E-state index contributed by atoms with van der Waals surface area (Å²) in [6, 6.07) is 1.02. The molecular weight excluding hydrogens is 235 g/mol. The van der Waals surface area contributed by atoms with Crippen molar-refractivity contribution in [2.75, 3.05) is 0 Å². The molecule has 0 fully saturated rings. The molecule has 0 spiro atoms. The smallest absolute Gasteiger partial charge is 0.416 e. The lowest BCUT2D eigenvalue weighted by Crippen LogP contribution is -2.04. The highest BCUT2D eigenvalue weighted by Gasteiger charge is 2.32. The van der Waals surface area contributed by atoms with Crippen LogP contribution in [0.3, 0.4) is 0 Å². The summed E-state index contributed by atoms with van der Waals surface area (Å²) >= 11 is 5.39. The van der Waals surface area contributed by atoms with Crippen molar-refractivity contribution in [1.29, 1.82) is 0 Å². The third-order valence-electron chi connectivity index (χ3n) is 1.52. The maximum absolute atomic E-state index is 12.2. The molecular formula is C7H3ClF3N3O. The van der Waals surface area contributed by atoms with Gasteiger partial charge in [-0.2, -0.15) is 13.2 Å². The van der Waals surface area contributed by atoms with Crippen LogP contribution < -0.4 is 0 Å². The van der Waals surface area contributed by atoms with E-state index in [0.29, 0.717) is 12.1 Å². The number of rotatable bonds is 1. The highest BCUT2D eigenvalue weighted by molar-refractivity contribution is 6.33. The fourth-order valence-electron chi connectivity index (χ4n) is 0.892. The average Bonchev–Trinajstić information content (AvgIpc) is 2.09. The summed E-state index contributed by atoms with van der Waals surface area (Å²) in [4.78, 5) is 2.32. The first-order valence-electron chi connectivity index (χ1n) is 3.51. The quantitative estimate of drug-likeness (QED) is 0.447. The van der Waals surface area contributed by atoms with Gasteiger partial charge in [0.05, 0.1) is 16.3 Å². The van der Waals surface area contributed by atoms with E-state index in [9.17, 15) is 13.2 Å². The van der Waals surface area contributed by atoms with Gasteiger partial charge in [0.2, 0.25) is 0 Å². The van der Waals surface area contributed by atoms with Crippen LogP contribution in [0.25, 0.3) is 10.4 Å². The fraction of sp³-hybridized carbons (Fsp3) is 0.143. The minimum absolute atomic E-state index is 0.424. The van der Waals surface area contributed by atoms with Gasteiger partial charge in [-0.05, 0) is 17.7 Å². The predicted molar refractivity (Wildman–Crippen MR) is 46.9 cm³/mol. The molecule has 0 aliphatic heterocycles. The van der Waals surface area contributed by atoms with Crippen molar-refractivity contribution in [2.45, 2.75) is 6.18 Å². The van der Waals surface area contributed by atoms with E-state index in [1.807, 2.05) is 0 Å². The third-order valence-corrected chi connectivity index (χ3v) is 1.80. The molecule has 1 aromatic carbocycles. The average molecular weight is 238 g/mol. The zero-order valence-corrected chi connectivity index (χ0v) is 7.71. The zero-order chi connectivity index (χ0) is 11.6. The minimum Gasteiger partial charge on any atom is -0.507 e. The third kappa shape index (κ3) is 2.45. The molecule has 0 bridgehead atoms. The second-order valence-electron chi connectivity index (χ2n) is 2.51. The molecule has 1 rings (SSSR count). The molecule has 0 radical (unpaired) electrons. The summed E-state index contributed by atoms with van der Waals surface area (Å²) in [6.07, 6.45) is -4.62. The van der Waals surface area contributed by atoms with Gasteiger partial charge in [-0.3, -0.25) is 0 Å². The van der Waals surface area contributed by atoms with Gasteiger partial charge >= 0.3 is 6.18 Å². The maximum Gasteiger partial charge on any atom is 0.416 e. The monoisotopic (exact) mass is 237 g/mol. The van der Waals surface area contributed by atoms with Crippen LogP contribution in [0.2, 0.25) is 5.02 Å². The first-order chi connectivity index (χ1) is 6.86. The summed E-state index contributed by atoms with van der Waals surface area (Å²) < 4.78 is 36.6. The van der Waals surface area contributed by atoms with E-state index in [2.05, 4.69) is 10.0 Å². The van der Waals surface area contributed by atoms with Crippen LogP contribution in [0.4, 0.5) is 18.9 Å². The van der Waals surface area contributed by atoms with E-state index in [1.54, 1.807) is 0 Å². The highest BCUT2D eigenvalue weighted by atomic mass is 35.5. The molecule has 0 amide bonds. The molecule has 0 aromatic heterocycles. The zero-order valence-electron chi connectivity index (χ0n) is 6.96. The lowest BCUT2D eigenvalue weighted by Gasteiger charge is -2.09. The van der Waals surface area contributed by atoms with Crippen LogP contribution in [-0.4, -0.2) is 5.11 Å². The minimum atomic E-state index is -4.62. The summed E-state index contributed by atoms with van der Waals surface area (Å²) in [7, 11) is 0. The number of halogens is 4. The number of aromatic hydroxyl groups is 1. The van der Waals surface area contributed by atoms with Gasteiger partial charge in [0.1, 0.15) is 5.75 Å². The van der Waals surface area contributed by atoms with Gasteiger partial charge in [-0.15, -0.1) is 0 Å². The van der Waals surface area contributed by atoms with E-state index in [0.717, 1.165) is 0 Å². The summed E-state index contributed by atoms with van der Waals surface area (Å²) in [5, 5.41) is 11.6.